The molecule has 0 bridgehead atoms. The fraction of sp³-hybridized carbons (Fsp3) is 0.231. The fourth-order valence-electron chi connectivity index (χ4n) is 1.60. The molecule has 0 unspecified atom stereocenters. The van der Waals surface area contributed by atoms with Crippen molar-refractivity contribution in [2.24, 2.45) is 0 Å². The second-order valence-corrected chi connectivity index (χ2v) is 4.80. The molecular weight excluding hydrogens is 375 g/mol. The minimum atomic E-state index is 0.467. The van der Waals surface area contributed by atoms with Gasteiger partial charge in [-0.05, 0) is 22.6 Å². The van der Waals surface area contributed by atoms with Crippen molar-refractivity contribution < 1.29 is 18.9 Å². The van der Waals surface area contributed by atoms with E-state index in [1.54, 1.807) is 39.7 Å². The maximum Gasteiger partial charge on any atom is 0.235 e. The molecule has 0 aliphatic carbocycles. The highest BCUT2D eigenvalue weighted by Crippen LogP contribution is 2.41. The van der Waals surface area contributed by atoms with Crippen molar-refractivity contribution in [3.8, 4) is 28.9 Å². The normalized spacial score (nSPS) is 10.0. The molecule has 0 amide bonds. The van der Waals surface area contributed by atoms with Crippen molar-refractivity contribution >= 4 is 22.6 Å². The SMILES string of the molecule is COc1cc(Oc2ncncc2I)cc(OC)c1OC. The molecule has 0 aliphatic heterocycles. The third-order valence-corrected chi connectivity index (χ3v) is 3.23. The van der Waals surface area contributed by atoms with E-state index in [9.17, 15) is 0 Å². The Bertz CT molecular complexity index is 582. The molecule has 2 rings (SSSR count). The zero-order chi connectivity index (χ0) is 14.5. The van der Waals surface area contributed by atoms with E-state index in [2.05, 4.69) is 32.6 Å². The van der Waals surface area contributed by atoms with Crippen LogP contribution in [0.1, 0.15) is 0 Å². The van der Waals surface area contributed by atoms with Gasteiger partial charge in [-0.25, -0.2) is 9.97 Å². The second-order valence-electron chi connectivity index (χ2n) is 3.64. The average Bonchev–Trinajstić information content (AvgIpc) is 2.48. The summed E-state index contributed by atoms with van der Waals surface area (Å²) in [7, 11) is 4.65. The van der Waals surface area contributed by atoms with E-state index in [4.69, 9.17) is 18.9 Å². The van der Waals surface area contributed by atoms with Gasteiger partial charge in [0.05, 0.1) is 24.9 Å². The zero-order valence-electron chi connectivity index (χ0n) is 11.2. The van der Waals surface area contributed by atoms with Crippen molar-refractivity contribution in [1.29, 1.82) is 0 Å². The topological polar surface area (TPSA) is 62.7 Å². The van der Waals surface area contributed by atoms with Crippen LogP contribution in [0, 0.1) is 3.57 Å². The minimum absolute atomic E-state index is 0.467. The first kappa shape index (κ1) is 14.6. The Hall–Kier alpha value is -1.77. The van der Waals surface area contributed by atoms with E-state index in [0.29, 0.717) is 28.9 Å². The van der Waals surface area contributed by atoms with Crippen LogP contribution in [0.25, 0.3) is 0 Å². The van der Waals surface area contributed by atoms with Crippen LogP contribution in [0.2, 0.25) is 0 Å². The van der Waals surface area contributed by atoms with Crippen LogP contribution in [0.4, 0.5) is 0 Å². The number of hydrogen-bond acceptors (Lipinski definition) is 6. The monoisotopic (exact) mass is 388 g/mol. The fourth-order valence-corrected chi connectivity index (χ4v) is 2.01. The smallest absolute Gasteiger partial charge is 0.235 e. The molecule has 0 spiro atoms. The Kier molecular flexibility index (Phi) is 4.83. The van der Waals surface area contributed by atoms with Gasteiger partial charge in [0.1, 0.15) is 12.1 Å². The number of rotatable bonds is 5. The molecule has 20 heavy (non-hydrogen) atoms. The molecule has 1 aromatic carbocycles. The van der Waals surface area contributed by atoms with E-state index in [0.717, 1.165) is 3.57 Å². The van der Waals surface area contributed by atoms with Gasteiger partial charge in [0, 0.05) is 18.3 Å². The number of hydrogen-bond donors (Lipinski definition) is 0. The number of benzene rings is 1. The molecule has 0 saturated heterocycles. The van der Waals surface area contributed by atoms with Gasteiger partial charge in [-0.1, -0.05) is 0 Å². The predicted molar refractivity (Wildman–Crippen MR) is 80.9 cm³/mol. The third kappa shape index (κ3) is 3.03. The lowest BCUT2D eigenvalue weighted by Crippen LogP contribution is -1.97. The quantitative estimate of drug-likeness (QED) is 0.735. The van der Waals surface area contributed by atoms with Gasteiger partial charge < -0.3 is 18.9 Å². The summed E-state index contributed by atoms with van der Waals surface area (Å²) in [5.74, 6) is 2.56. The van der Waals surface area contributed by atoms with Crippen LogP contribution in [0.3, 0.4) is 0 Å². The van der Waals surface area contributed by atoms with E-state index in [1.165, 1.54) is 6.33 Å². The van der Waals surface area contributed by atoms with Crippen LogP contribution in [-0.2, 0) is 0 Å². The summed E-state index contributed by atoms with van der Waals surface area (Å²) in [6, 6.07) is 3.42. The highest BCUT2D eigenvalue weighted by atomic mass is 127. The molecule has 7 heteroatoms. The molecular formula is C13H13IN2O4. The zero-order valence-corrected chi connectivity index (χ0v) is 13.4. The second kappa shape index (κ2) is 6.60. The summed E-state index contributed by atoms with van der Waals surface area (Å²) >= 11 is 2.10. The van der Waals surface area contributed by atoms with Gasteiger partial charge in [0.2, 0.25) is 11.6 Å². The highest BCUT2D eigenvalue weighted by molar-refractivity contribution is 14.1. The van der Waals surface area contributed by atoms with Gasteiger partial charge >= 0.3 is 0 Å². The average molecular weight is 388 g/mol. The van der Waals surface area contributed by atoms with E-state index in [-0.39, 0.29) is 0 Å². The molecule has 6 nitrogen and oxygen atoms in total. The summed E-state index contributed by atoms with van der Waals surface area (Å²) in [4.78, 5) is 7.99. The Morgan fingerprint density at radius 3 is 2.15 bits per heavy atom. The Morgan fingerprint density at radius 1 is 1.00 bits per heavy atom. The summed E-state index contributed by atoms with van der Waals surface area (Å²) in [6.07, 6.45) is 3.09. The summed E-state index contributed by atoms with van der Waals surface area (Å²) < 4.78 is 22.3. The highest BCUT2D eigenvalue weighted by Gasteiger charge is 2.15. The standard InChI is InChI=1S/C13H13IN2O4/c1-17-10-4-8(5-11(18-2)12(10)19-3)20-13-9(14)6-15-7-16-13/h4-7H,1-3H3. The number of nitrogens with zero attached hydrogens (tertiary/aromatic N) is 2. The summed E-state index contributed by atoms with van der Waals surface area (Å²) in [5, 5.41) is 0. The van der Waals surface area contributed by atoms with Crippen molar-refractivity contribution in [3.05, 3.63) is 28.2 Å². The Morgan fingerprint density at radius 2 is 1.65 bits per heavy atom. The minimum Gasteiger partial charge on any atom is -0.493 e. The van der Waals surface area contributed by atoms with Crippen LogP contribution in [0.15, 0.2) is 24.7 Å². The molecule has 2 aromatic rings. The molecule has 0 N–H and O–H groups in total. The van der Waals surface area contributed by atoms with Crippen LogP contribution < -0.4 is 18.9 Å². The lowest BCUT2D eigenvalue weighted by Gasteiger charge is -2.14. The predicted octanol–water partition coefficient (Wildman–Crippen LogP) is 2.90. The molecule has 106 valence electrons. The maximum atomic E-state index is 5.72. The van der Waals surface area contributed by atoms with E-state index >= 15 is 0 Å². The molecule has 1 heterocycles. The van der Waals surface area contributed by atoms with Crippen molar-refractivity contribution in [3.63, 3.8) is 0 Å². The van der Waals surface area contributed by atoms with Crippen LogP contribution in [0.5, 0.6) is 28.9 Å². The van der Waals surface area contributed by atoms with Crippen LogP contribution >= 0.6 is 22.6 Å². The van der Waals surface area contributed by atoms with E-state index < -0.39 is 0 Å². The van der Waals surface area contributed by atoms with Crippen molar-refractivity contribution in [2.75, 3.05) is 21.3 Å². The van der Waals surface area contributed by atoms with Gasteiger partial charge in [-0.15, -0.1) is 0 Å². The first-order valence-corrected chi connectivity index (χ1v) is 6.70. The third-order valence-electron chi connectivity index (χ3n) is 2.49. The van der Waals surface area contributed by atoms with Crippen molar-refractivity contribution in [1.82, 2.24) is 9.97 Å². The molecule has 0 atom stereocenters. The van der Waals surface area contributed by atoms with Crippen LogP contribution in [-0.4, -0.2) is 31.3 Å². The number of halogens is 1. The van der Waals surface area contributed by atoms with Gasteiger partial charge in [-0.2, -0.15) is 0 Å². The van der Waals surface area contributed by atoms with Crippen molar-refractivity contribution in [2.45, 2.75) is 0 Å². The lowest BCUT2D eigenvalue weighted by molar-refractivity contribution is 0.320. The molecule has 0 fully saturated rings. The van der Waals surface area contributed by atoms with Gasteiger partial charge in [0.25, 0.3) is 0 Å². The first-order valence-electron chi connectivity index (χ1n) is 5.63. The molecule has 0 aliphatic rings. The number of aromatic nitrogens is 2. The van der Waals surface area contributed by atoms with Gasteiger partial charge in [0.15, 0.2) is 11.5 Å². The maximum absolute atomic E-state index is 5.72. The molecule has 0 radical (unpaired) electrons. The number of ether oxygens (including phenoxy) is 4. The van der Waals surface area contributed by atoms with Gasteiger partial charge in [-0.3, -0.25) is 0 Å². The summed E-state index contributed by atoms with van der Waals surface area (Å²) in [6.45, 7) is 0. The molecule has 0 saturated carbocycles. The molecule has 1 aromatic heterocycles. The largest absolute Gasteiger partial charge is 0.493 e. The number of methoxy groups -OCH3 is 3. The summed E-state index contributed by atoms with van der Waals surface area (Å²) in [5.41, 5.74) is 0. The lowest BCUT2D eigenvalue weighted by atomic mass is 10.2. The van der Waals surface area contributed by atoms with E-state index in [1.807, 2.05) is 0 Å². The Balaban J connectivity index is 2.40. The first-order chi connectivity index (χ1) is 9.69. The Labute approximate surface area is 130 Å².